The first-order valence-corrected chi connectivity index (χ1v) is 8.00. The second kappa shape index (κ2) is 6.84. The summed E-state index contributed by atoms with van der Waals surface area (Å²) in [5.74, 6) is -0.186. The van der Waals surface area contributed by atoms with Crippen molar-refractivity contribution in [2.24, 2.45) is 0 Å². The number of carbonyl (C=O) groups excluding carboxylic acids is 1. The molecule has 3 aromatic rings. The summed E-state index contributed by atoms with van der Waals surface area (Å²) in [4.78, 5) is 23.3. The summed E-state index contributed by atoms with van der Waals surface area (Å²) < 4.78 is 11.4. The summed E-state index contributed by atoms with van der Waals surface area (Å²) in [6, 6.07) is 13.9. The molecule has 1 heterocycles. The van der Waals surface area contributed by atoms with Crippen LogP contribution in [0.1, 0.15) is 11.1 Å². The van der Waals surface area contributed by atoms with Crippen molar-refractivity contribution in [3.05, 3.63) is 80.6 Å². The molecule has 0 fully saturated rings. The number of aryl methyl sites for hydroxylation is 1. The molecule has 0 unspecified atom stereocenters. The summed E-state index contributed by atoms with van der Waals surface area (Å²) in [5.41, 5.74) is 1.66. The van der Waals surface area contributed by atoms with E-state index >= 15 is 0 Å². The van der Waals surface area contributed by atoms with Crippen LogP contribution >= 0.6 is 15.9 Å². The zero-order chi connectivity index (χ0) is 17.1. The highest BCUT2D eigenvalue weighted by Gasteiger charge is 2.06. The number of benzene rings is 2. The Morgan fingerprint density at radius 2 is 1.88 bits per heavy atom. The molecule has 0 spiro atoms. The molecule has 24 heavy (non-hydrogen) atoms. The molecular weight excluding hydrogens is 372 g/mol. The van der Waals surface area contributed by atoms with E-state index in [1.807, 2.05) is 31.2 Å². The molecule has 0 amide bonds. The van der Waals surface area contributed by atoms with Gasteiger partial charge < -0.3 is 9.15 Å². The molecule has 0 saturated carbocycles. The van der Waals surface area contributed by atoms with Crippen LogP contribution in [0.4, 0.5) is 0 Å². The third kappa shape index (κ3) is 3.81. The van der Waals surface area contributed by atoms with Gasteiger partial charge in [-0.1, -0.05) is 28.1 Å². The van der Waals surface area contributed by atoms with Crippen molar-refractivity contribution in [3.8, 4) is 5.75 Å². The van der Waals surface area contributed by atoms with E-state index in [0.717, 1.165) is 21.0 Å². The lowest BCUT2D eigenvalue weighted by atomic mass is 10.1. The molecule has 3 rings (SSSR count). The fraction of sp³-hybridized carbons (Fsp3) is 0.0526. The molecular formula is C19H13BrO4. The van der Waals surface area contributed by atoms with Gasteiger partial charge >= 0.3 is 11.6 Å². The Bertz CT molecular complexity index is 984. The molecule has 0 radical (unpaired) electrons. The zero-order valence-corrected chi connectivity index (χ0v) is 14.4. The van der Waals surface area contributed by atoms with Crippen LogP contribution in [0.5, 0.6) is 5.75 Å². The van der Waals surface area contributed by atoms with Crippen molar-refractivity contribution >= 4 is 38.9 Å². The minimum Gasteiger partial charge on any atom is -0.423 e. The summed E-state index contributed by atoms with van der Waals surface area (Å²) in [5, 5.41) is 0.805. The van der Waals surface area contributed by atoms with E-state index < -0.39 is 11.6 Å². The molecule has 0 saturated heterocycles. The lowest BCUT2D eigenvalue weighted by Crippen LogP contribution is -2.04. The normalized spacial score (nSPS) is 11.1. The van der Waals surface area contributed by atoms with E-state index in [9.17, 15) is 9.59 Å². The van der Waals surface area contributed by atoms with Crippen LogP contribution in [0.2, 0.25) is 0 Å². The van der Waals surface area contributed by atoms with Gasteiger partial charge in [0.15, 0.2) is 0 Å². The number of hydrogen-bond acceptors (Lipinski definition) is 4. The number of carbonyl (C=O) groups is 1. The van der Waals surface area contributed by atoms with Crippen LogP contribution in [-0.4, -0.2) is 5.97 Å². The van der Waals surface area contributed by atoms with Crippen LogP contribution in [0, 0.1) is 6.92 Å². The first kappa shape index (κ1) is 16.2. The highest BCUT2D eigenvalue weighted by molar-refractivity contribution is 9.10. The summed E-state index contributed by atoms with van der Waals surface area (Å²) in [6.07, 6.45) is 3.01. The molecule has 120 valence electrons. The summed E-state index contributed by atoms with van der Waals surface area (Å²) in [6.45, 7) is 1.83. The van der Waals surface area contributed by atoms with Crippen molar-refractivity contribution < 1.29 is 13.9 Å². The van der Waals surface area contributed by atoms with Crippen LogP contribution in [0.25, 0.3) is 17.0 Å². The van der Waals surface area contributed by atoms with Gasteiger partial charge in [-0.3, -0.25) is 0 Å². The van der Waals surface area contributed by atoms with Crippen molar-refractivity contribution in [2.75, 3.05) is 0 Å². The maximum absolute atomic E-state index is 11.9. The Kier molecular flexibility index (Phi) is 4.62. The standard InChI is InChI=1S/C19H13BrO4/c1-12-10-19(22)24-17-11-15(7-8-16(12)17)23-18(21)9-4-13-2-5-14(20)6-3-13/h2-11H,1H3/b9-4+. The van der Waals surface area contributed by atoms with Crippen LogP contribution in [0.15, 0.2) is 68.3 Å². The second-order valence-corrected chi connectivity index (χ2v) is 6.13. The highest BCUT2D eigenvalue weighted by atomic mass is 79.9. The van der Waals surface area contributed by atoms with E-state index in [2.05, 4.69) is 15.9 Å². The van der Waals surface area contributed by atoms with E-state index in [0.29, 0.717) is 11.3 Å². The van der Waals surface area contributed by atoms with Crippen LogP contribution in [-0.2, 0) is 4.79 Å². The molecule has 0 N–H and O–H groups in total. The quantitative estimate of drug-likeness (QED) is 0.289. The van der Waals surface area contributed by atoms with Crippen molar-refractivity contribution in [2.45, 2.75) is 6.92 Å². The number of fused-ring (bicyclic) bond motifs is 1. The van der Waals surface area contributed by atoms with Gasteiger partial charge in [0, 0.05) is 28.1 Å². The molecule has 1 aromatic heterocycles. The van der Waals surface area contributed by atoms with Gasteiger partial charge in [-0.25, -0.2) is 9.59 Å². The molecule has 0 atom stereocenters. The van der Waals surface area contributed by atoms with E-state index in [4.69, 9.17) is 9.15 Å². The molecule has 4 nitrogen and oxygen atoms in total. The molecule has 0 aliphatic rings. The Morgan fingerprint density at radius 3 is 2.62 bits per heavy atom. The van der Waals surface area contributed by atoms with E-state index in [1.54, 1.807) is 18.2 Å². The number of esters is 1. The average Bonchev–Trinajstić information content (AvgIpc) is 2.54. The SMILES string of the molecule is Cc1cc(=O)oc2cc(OC(=O)/C=C/c3ccc(Br)cc3)ccc12. The first-order chi connectivity index (χ1) is 11.5. The van der Waals surface area contributed by atoms with Gasteiger partial charge in [-0.15, -0.1) is 0 Å². The Hall–Kier alpha value is -2.66. The van der Waals surface area contributed by atoms with Gasteiger partial charge in [0.25, 0.3) is 0 Å². The third-order valence-electron chi connectivity index (χ3n) is 3.42. The monoisotopic (exact) mass is 384 g/mol. The number of ether oxygens (including phenoxy) is 1. The smallest absolute Gasteiger partial charge is 0.336 e. The van der Waals surface area contributed by atoms with Gasteiger partial charge in [-0.2, -0.15) is 0 Å². The van der Waals surface area contributed by atoms with Crippen LogP contribution < -0.4 is 10.4 Å². The number of rotatable bonds is 3. The largest absolute Gasteiger partial charge is 0.423 e. The van der Waals surface area contributed by atoms with E-state index in [-0.39, 0.29) is 0 Å². The fourth-order valence-electron chi connectivity index (χ4n) is 2.26. The van der Waals surface area contributed by atoms with E-state index in [1.165, 1.54) is 18.2 Å². The second-order valence-electron chi connectivity index (χ2n) is 5.21. The van der Waals surface area contributed by atoms with Gasteiger partial charge in [-0.05, 0) is 48.4 Å². The molecule has 5 heteroatoms. The summed E-state index contributed by atoms with van der Waals surface area (Å²) >= 11 is 3.35. The molecule has 2 aromatic carbocycles. The summed E-state index contributed by atoms with van der Waals surface area (Å²) in [7, 11) is 0. The topological polar surface area (TPSA) is 56.5 Å². The van der Waals surface area contributed by atoms with Crippen molar-refractivity contribution in [3.63, 3.8) is 0 Å². The van der Waals surface area contributed by atoms with Crippen molar-refractivity contribution in [1.29, 1.82) is 0 Å². The molecule has 0 aliphatic heterocycles. The maximum Gasteiger partial charge on any atom is 0.336 e. The third-order valence-corrected chi connectivity index (χ3v) is 3.95. The molecule has 0 aliphatic carbocycles. The Morgan fingerprint density at radius 1 is 1.12 bits per heavy atom. The number of hydrogen-bond donors (Lipinski definition) is 0. The Balaban J connectivity index is 1.77. The lowest BCUT2D eigenvalue weighted by molar-refractivity contribution is -0.128. The fourth-order valence-corrected chi connectivity index (χ4v) is 2.52. The van der Waals surface area contributed by atoms with Gasteiger partial charge in [0.1, 0.15) is 11.3 Å². The minimum absolute atomic E-state index is 0.321. The van der Waals surface area contributed by atoms with Gasteiger partial charge in [0.05, 0.1) is 0 Å². The maximum atomic E-state index is 11.9. The molecule has 0 bridgehead atoms. The van der Waals surface area contributed by atoms with Crippen LogP contribution in [0.3, 0.4) is 0 Å². The average molecular weight is 385 g/mol. The zero-order valence-electron chi connectivity index (χ0n) is 12.8. The number of halogens is 1. The predicted octanol–water partition coefficient (Wildman–Crippen LogP) is 4.48. The van der Waals surface area contributed by atoms with Crippen molar-refractivity contribution in [1.82, 2.24) is 0 Å². The minimum atomic E-state index is -0.507. The first-order valence-electron chi connectivity index (χ1n) is 7.21. The van der Waals surface area contributed by atoms with Gasteiger partial charge in [0.2, 0.25) is 0 Å². The highest BCUT2D eigenvalue weighted by Crippen LogP contribution is 2.22. The Labute approximate surface area is 146 Å². The predicted molar refractivity (Wildman–Crippen MR) is 96.0 cm³/mol. The lowest BCUT2D eigenvalue weighted by Gasteiger charge is -2.04.